The van der Waals surface area contributed by atoms with Crippen LogP contribution >= 0.6 is 0 Å². The van der Waals surface area contributed by atoms with Gasteiger partial charge in [0.2, 0.25) is 0 Å². The molecule has 0 bridgehead atoms. The topological polar surface area (TPSA) is 45.1 Å². The number of aromatic nitrogens is 1. The van der Waals surface area contributed by atoms with E-state index in [9.17, 15) is 18.3 Å². The predicted octanol–water partition coefficient (Wildman–Crippen LogP) is 3.19. The van der Waals surface area contributed by atoms with E-state index in [0.717, 1.165) is 5.56 Å². The van der Waals surface area contributed by atoms with Gasteiger partial charge < -0.3 is 10.4 Å². The highest BCUT2D eigenvalue weighted by molar-refractivity contribution is 5.23. The van der Waals surface area contributed by atoms with E-state index < -0.39 is 18.3 Å². The summed E-state index contributed by atoms with van der Waals surface area (Å²) in [5.74, 6) is 0. The largest absolute Gasteiger partial charge is 0.404 e. The molecule has 124 valence electrons. The maximum Gasteiger partial charge on any atom is 0.404 e. The zero-order valence-electron chi connectivity index (χ0n) is 12.7. The van der Waals surface area contributed by atoms with Gasteiger partial charge in [0.25, 0.3) is 0 Å². The van der Waals surface area contributed by atoms with E-state index in [1.807, 2.05) is 19.1 Å². The number of alkyl halides is 3. The molecule has 0 saturated heterocycles. The average Bonchev–Trinajstić information content (AvgIpc) is 2.51. The number of benzene rings is 1. The standard InChI is InChI=1S/C17H19F3N2O/c1-12-2-4-14(5-3-12)15(23)11-22-16(17(18,19)20)10-13-6-8-21-9-7-13/h2-9,15-16,22-23H,10-11H2,1H3. The molecule has 0 aliphatic heterocycles. The molecule has 0 aliphatic carbocycles. The van der Waals surface area contributed by atoms with Gasteiger partial charge in [-0.2, -0.15) is 13.2 Å². The van der Waals surface area contributed by atoms with Crippen molar-refractivity contribution in [2.24, 2.45) is 0 Å². The van der Waals surface area contributed by atoms with Gasteiger partial charge in [0, 0.05) is 18.9 Å². The molecule has 2 aromatic rings. The number of nitrogens with one attached hydrogen (secondary N) is 1. The number of rotatable bonds is 6. The molecule has 1 aromatic carbocycles. The van der Waals surface area contributed by atoms with Crippen LogP contribution in [0, 0.1) is 6.92 Å². The molecule has 2 rings (SSSR count). The normalized spacial score (nSPS) is 14.5. The highest BCUT2D eigenvalue weighted by Crippen LogP contribution is 2.24. The van der Waals surface area contributed by atoms with Crippen LogP contribution < -0.4 is 5.32 Å². The molecule has 1 heterocycles. The molecule has 2 N–H and O–H groups in total. The summed E-state index contributed by atoms with van der Waals surface area (Å²) in [6, 6.07) is 8.45. The van der Waals surface area contributed by atoms with Crippen LogP contribution in [0.1, 0.15) is 22.8 Å². The molecule has 3 nitrogen and oxygen atoms in total. The quantitative estimate of drug-likeness (QED) is 0.858. The highest BCUT2D eigenvalue weighted by Gasteiger charge is 2.39. The van der Waals surface area contributed by atoms with Crippen molar-refractivity contribution in [2.45, 2.75) is 31.7 Å². The second-order valence-electron chi connectivity index (χ2n) is 5.49. The van der Waals surface area contributed by atoms with Gasteiger partial charge in [0.1, 0.15) is 6.04 Å². The van der Waals surface area contributed by atoms with Crippen LogP contribution in [0.15, 0.2) is 48.8 Å². The van der Waals surface area contributed by atoms with Crippen LogP contribution in [-0.2, 0) is 6.42 Å². The summed E-state index contributed by atoms with van der Waals surface area (Å²) in [7, 11) is 0. The van der Waals surface area contributed by atoms with Crippen LogP contribution in [0.2, 0.25) is 0 Å². The maximum atomic E-state index is 13.2. The minimum Gasteiger partial charge on any atom is -0.387 e. The van der Waals surface area contributed by atoms with Crippen LogP contribution in [0.3, 0.4) is 0 Å². The molecule has 0 saturated carbocycles. The Hall–Kier alpha value is -1.92. The fraction of sp³-hybridized carbons (Fsp3) is 0.353. The fourth-order valence-electron chi connectivity index (χ4n) is 2.22. The van der Waals surface area contributed by atoms with Crippen molar-refractivity contribution >= 4 is 0 Å². The number of halogens is 3. The molecular formula is C17H19F3N2O. The zero-order valence-corrected chi connectivity index (χ0v) is 12.7. The Morgan fingerprint density at radius 3 is 2.26 bits per heavy atom. The summed E-state index contributed by atoms with van der Waals surface area (Å²) >= 11 is 0. The molecule has 1 aromatic heterocycles. The van der Waals surface area contributed by atoms with E-state index in [4.69, 9.17) is 0 Å². The van der Waals surface area contributed by atoms with Crippen molar-refractivity contribution in [3.63, 3.8) is 0 Å². The summed E-state index contributed by atoms with van der Waals surface area (Å²) in [5, 5.41) is 12.5. The SMILES string of the molecule is Cc1ccc(C(O)CNC(Cc2ccncc2)C(F)(F)F)cc1. The summed E-state index contributed by atoms with van der Waals surface area (Å²) in [4.78, 5) is 3.79. The molecule has 0 aliphatic rings. The number of pyridine rings is 1. The molecule has 0 radical (unpaired) electrons. The van der Waals surface area contributed by atoms with Crippen LogP contribution in [0.4, 0.5) is 13.2 Å². The van der Waals surface area contributed by atoms with Crippen LogP contribution in [0.5, 0.6) is 0 Å². The van der Waals surface area contributed by atoms with Gasteiger partial charge in [-0.1, -0.05) is 29.8 Å². The number of aliphatic hydroxyl groups is 1. The van der Waals surface area contributed by atoms with Crippen molar-refractivity contribution in [3.8, 4) is 0 Å². The molecule has 2 atom stereocenters. The second-order valence-corrected chi connectivity index (χ2v) is 5.49. The molecule has 2 unspecified atom stereocenters. The maximum absolute atomic E-state index is 13.2. The number of hydrogen-bond donors (Lipinski definition) is 2. The number of nitrogens with zero attached hydrogens (tertiary/aromatic N) is 1. The van der Waals surface area contributed by atoms with Gasteiger partial charge in [-0.05, 0) is 36.6 Å². The Morgan fingerprint density at radius 1 is 1.09 bits per heavy atom. The summed E-state index contributed by atoms with van der Waals surface area (Å²) < 4.78 is 39.5. The summed E-state index contributed by atoms with van der Waals surface area (Å²) in [6.45, 7) is 1.74. The first-order chi connectivity index (χ1) is 10.9. The minimum absolute atomic E-state index is 0.168. The lowest BCUT2D eigenvalue weighted by Crippen LogP contribution is -2.45. The van der Waals surface area contributed by atoms with E-state index >= 15 is 0 Å². The van der Waals surface area contributed by atoms with Crippen LogP contribution in [-0.4, -0.2) is 28.9 Å². The lowest BCUT2D eigenvalue weighted by molar-refractivity contribution is -0.156. The Labute approximate surface area is 133 Å². The number of aryl methyl sites for hydroxylation is 1. The third-order valence-corrected chi connectivity index (χ3v) is 3.60. The highest BCUT2D eigenvalue weighted by atomic mass is 19.4. The summed E-state index contributed by atoms with van der Waals surface area (Å²) in [6.07, 6.45) is -2.66. The van der Waals surface area contributed by atoms with Crippen molar-refractivity contribution in [1.82, 2.24) is 10.3 Å². The van der Waals surface area contributed by atoms with Gasteiger partial charge in [0.05, 0.1) is 6.10 Å². The Balaban J connectivity index is 1.99. The first-order valence-corrected chi connectivity index (χ1v) is 7.30. The van der Waals surface area contributed by atoms with Gasteiger partial charge in [-0.25, -0.2) is 0 Å². The molecule has 0 amide bonds. The molecule has 23 heavy (non-hydrogen) atoms. The first-order valence-electron chi connectivity index (χ1n) is 7.30. The molecule has 0 fully saturated rings. The van der Waals surface area contributed by atoms with E-state index in [1.165, 1.54) is 12.4 Å². The van der Waals surface area contributed by atoms with E-state index in [1.54, 1.807) is 24.3 Å². The van der Waals surface area contributed by atoms with Gasteiger partial charge >= 0.3 is 6.18 Å². The van der Waals surface area contributed by atoms with Gasteiger partial charge in [-0.15, -0.1) is 0 Å². The smallest absolute Gasteiger partial charge is 0.387 e. The van der Waals surface area contributed by atoms with Gasteiger partial charge in [-0.3, -0.25) is 4.98 Å². The Kier molecular flexibility index (Phi) is 5.74. The zero-order chi connectivity index (χ0) is 16.9. The molecule has 6 heteroatoms. The number of aliphatic hydroxyl groups excluding tert-OH is 1. The molecular weight excluding hydrogens is 305 g/mol. The van der Waals surface area contributed by atoms with Crippen molar-refractivity contribution in [3.05, 3.63) is 65.5 Å². The Morgan fingerprint density at radius 2 is 1.70 bits per heavy atom. The van der Waals surface area contributed by atoms with E-state index in [-0.39, 0.29) is 13.0 Å². The third-order valence-electron chi connectivity index (χ3n) is 3.60. The van der Waals surface area contributed by atoms with Gasteiger partial charge in [0.15, 0.2) is 0 Å². The van der Waals surface area contributed by atoms with Crippen molar-refractivity contribution < 1.29 is 18.3 Å². The molecule has 0 spiro atoms. The number of hydrogen-bond acceptors (Lipinski definition) is 3. The lowest BCUT2D eigenvalue weighted by Gasteiger charge is -2.23. The second kappa shape index (κ2) is 7.57. The van der Waals surface area contributed by atoms with Crippen LogP contribution in [0.25, 0.3) is 0 Å². The fourth-order valence-corrected chi connectivity index (χ4v) is 2.22. The lowest BCUT2D eigenvalue weighted by atomic mass is 10.0. The Bertz CT molecular complexity index is 599. The average molecular weight is 324 g/mol. The first kappa shape index (κ1) is 17.4. The van der Waals surface area contributed by atoms with Crippen molar-refractivity contribution in [1.29, 1.82) is 0 Å². The third kappa shape index (κ3) is 5.33. The van der Waals surface area contributed by atoms with Crippen molar-refractivity contribution in [2.75, 3.05) is 6.54 Å². The monoisotopic (exact) mass is 324 g/mol. The van der Waals surface area contributed by atoms with E-state index in [0.29, 0.717) is 11.1 Å². The van der Waals surface area contributed by atoms with E-state index in [2.05, 4.69) is 10.3 Å². The minimum atomic E-state index is -4.39. The summed E-state index contributed by atoms with van der Waals surface area (Å²) in [5.41, 5.74) is 2.16. The predicted molar refractivity (Wildman–Crippen MR) is 81.9 cm³/mol.